The number of para-hydroxylation sites is 1. The Morgan fingerprint density at radius 2 is 0.771 bits per heavy atom. The molecule has 0 atom stereocenters. The Morgan fingerprint density at radius 1 is 0.375 bits per heavy atom. The van der Waals surface area contributed by atoms with Crippen LogP contribution in [0.25, 0.3) is 21.5 Å². The molecule has 48 heavy (non-hydrogen) atoms. The van der Waals surface area contributed by atoms with E-state index < -0.39 is 0 Å². The first-order valence-electron chi connectivity index (χ1n) is 16.5. The predicted octanol–water partition coefficient (Wildman–Crippen LogP) is 11.7. The standard InChI is InChI=1S/C43H41N5/c1-42(2,3)40-33-23-21-31(47(30-16-8-7-9-17-30)37-18-10-13-25-44-37)28-35(33)41(43(4,5)6)36-29-32(22-24-34(36)40)48(38-19-11-14-26-45-38)39-20-12-15-27-46-39/h7-29H,1-6H3. The van der Waals surface area contributed by atoms with E-state index in [-0.39, 0.29) is 10.8 Å². The highest BCUT2D eigenvalue weighted by Crippen LogP contribution is 2.47. The van der Waals surface area contributed by atoms with Gasteiger partial charge in [0.1, 0.15) is 17.5 Å². The number of rotatable bonds is 6. The van der Waals surface area contributed by atoms with Gasteiger partial charge in [-0.2, -0.15) is 0 Å². The van der Waals surface area contributed by atoms with Gasteiger partial charge >= 0.3 is 0 Å². The Balaban J connectivity index is 1.56. The summed E-state index contributed by atoms with van der Waals surface area (Å²) in [5.41, 5.74) is 5.50. The molecule has 0 amide bonds. The van der Waals surface area contributed by atoms with Crippen molar-refractivity contribution in [2.45, 2.75) is 52.4 Å². The molecule has 238 valence electrons. The van der Waals surface area contributed by atoms with Crippen molar-refractivity contribution in [2.24, 2.45) is 0 Å². The second-order valence-corrected chi connectivity index (χ2v) is 14.3. The van der Waals surface area contributed by atoms with Crippen LogP contribution >= 0.6 is 0 Å². The number of benzene rings is 4. The third kappa shape index (κ3) is 5.77. The van der Waals surface area contributed by atoms with Gasteiger partial charge in [-0.3, -0.25) is 9.80 Å². The van der Waals surface area contributed by atoms with Crippen LogP contribution in [0.1, 0.15) is 52.7 Å². The van der Waals surface area contributed by atoms with Gasteiger partial charge in [0.15, 0.2) is 0 Å². The highest BCUT2D eigenvalue weighted by atomic mass is 15.2. The molecule has 0 aliphatic rings. The smallest absolute Gasteiger partial charge is 0.138 e. The number of hydrogen-bond acceptors (Lipinski definition) is 5. The summed E-state index contributed by atoms with van der Waals surface area (Å²) in [6.45, 7) is 13.9. The molecule has 0 saturated heterocycles. The summed E-state index contributed by atoms with van der Waals surface area (Å²) in [7, 11) is 0. The Morgan fingerprint density at radius 3 is 1.19 bits per heavy atom. The summed E-state index contributed by atoms with van der Waals surface area (Å²) >= 11 is 0. The minimum atomic E-state index is -0.173. The molecule has 0 N–H and O–H groups in total. The van der Waals surface area contributed by atoms with Gasteiger partial charge < -0.3 is 0 Å². The van der Waals surface area contributed by atoms with Crippen molar-refractivity contribution < 1.29 is 0 Å². The number of hydrogen-bond donors (Lipinski definition) is 0. The molecular weight excluding hydrogens is 587 g/mol. The quantitative estimate of drug-likeness (QED) is 0.172. The van der Waals surface area contributed by atoms with E-state index >= 15 is 0 Å². The lowest BCUT2D eigenvalue weighted by Gasteiger charge is -2.32. The van der Waals surface area contributed by atoms with Gasteiger partial charge in [-0.05, 0) is 116 Å². The Kier molecular flexibility index (Phi) is 7.92. The van der Waals surface area contributed by atoms with Gasteiger partial charge in [-0.15, -0.1) is 0 Å². The van der Waals surface area contributed by atoms with Crippen LogP contribution in [-0.2, 0) is 10.8 Å². The SMILES string of the molecule is CC(C)(C)c1c2ccc(N(c3ccccc3)c3ccccn3)cc2c(C(C)(C)C)c2cc(N(c3ccccn3)c3ccccn3)ccc12. The van der Waals surface area contributed by atoms with Gasteiger partial charge in [-0.1, -0.05) is 90.1 Å². The molecule has 0 aliphatic heterocycles. The fourth-order valence-corrected chi connectivity index (χ4v) is 6.93. The molecular formula is C43H41N5. The van der Waals surface area contributed by atoms with Gasteiger partial charge in [0.05, 0.1) is 0 Å². The summed E-state index contributed by atoms with van der Waals surface area (Å²) < 4.78 is 0. The van der Waals surface area contributed by atoms with Crippen LogP contribution in [-0.4, -0.2) is 15.0 Å². The molecule has 0 radical (unpaired) electrons. The van der Waals surface area contributed by atoms with E-state index in [4.69, 9.17) is 15.0 Å². The molecule has 7 aromatic rings. The van der Waals surface area contributed by atoms with Crippen molar-refractivity contribution in [2.75, 3.05) is 9.80 Å². The first-order valence-corrected chi connectivity index (χ1v) is 16.5. The maximum Gasteiger partial charge on any atom is 0.138 e. The van der Waals surface area contributed by atoms with Crippen LogP contribution in [0.15, 0.2) is 140 Å². The lowest BCUT2D eigenvalue weighted by molar-refractivity contribution is 0.593. The van der Waals surface area contributed by atoms with E-state index in [0.29, 0.717) is 0 Å². The molecule has 7 rings (SSSR count). The lowest BCUT2D eigenvalue weighted by Crippen LogP contribution is -2.19. The summed E-state index contributed by atoms with van der Waals surface area (Å²) in [5.74, 6) is 2.52. The average molecular weight is 628 g/mol. The first-order chi connectivity index (χ1) is 23.1. The minimum absolute atomic E-state index is 0.113. The second-order valence-electron chi connectivity index (χ2n) is 14.3. The molecule has 5 heteroatoms. The van der Waals surface area contributed by atoms with E-state index in [2.05, 4.69) is 124 Å². The van der Waals surface area contributed by atoms with Crippen LogP contribution in [0, 0.1) is 0 Å². The first kappa shape index (κ1) is 31.1. The highest BCUT2D eigenvalue weighted by Gasteiger charge is 2.29. The van der Waals surface area contributed by atoms with Gasteiger partial charge in [0.2, 0.25) is 0 Å². The summed E-state index contributed by atoms with van der Waals surface area (Å²) in [4.78, 5) is 18.7. The lowest BCUT2D eigenvalue weighted by atomic mass is 9.74. The number of anilines is 6. The van der Waals surface area contributed by atoms with E-state index in [1.54, 1.807) is 0 Å². The monoisotopic (exact) mass is 627 g/mol. The third-order valence-corrected chi connectivity index (χ3v) is 8.75. The summed E-state index contributed by atoms with van der Waals surface area (Å²) in [6, 6.07) is 42.4. The molecule has 3 heterocycles. The second kappa shape index (κ2) is 12.2. The largest absolute Gasteiger partial charge is 0.295 e. The Labute approximate surface area is 283 Å². The molecule has 3 aromatic heterocycles. The molecule has 0 saturated carbocycles. The van der Waals surface area contributed by atoms with Gasteiger partial charge in [0, 0.05) is 35.7 Å². The average Bonchev–Trinajstić information content (AvgIpc) is 3.08. The maximum atomic E-state index is 4.79. The van der Waals surface area contributed by atoms with Crippen molar-refractivity contribution in [1.29, 1.82) is 0 Å². The van der Waals surface area contributed by atoms with Crippen molar-refractivity contribution in [3.63, 3.8) is 0 Å². The van der Waals surface area contributed by atoms with E-state index in [0.717, 1.165) is 34.5 Å². The Bertz CT molecular complexity index is 1960. The number of nitrogens with zero attached hydrogens (tertiary/aromatic N) is 5. The zero-order valence-electron chi connectivity index (χ0n) is 28.5. The number of pyridine rings is 3. The fraction of sp³-hybridized carbons (Fsp3) is 0.186. The molecule has 5 nitrogen and oxygen atoms in total. The molecule has 0 fully saturated rings. The minimum Gasteiger partial charge on any atom is -0.295 e. The molecule has 0 bridgehead atoms. The topological polar surface area (TPSA) is 45.2 Å². The van der Waals surface area contributed by atoms with E-state index in [9.17, 15) is 0 Å². The van der Waals surface area contributed by atoms with Crippen molar-refractivity contribution >= 4 is 56.1 Å². The highest BCUT2D eigenvalue weighted by molar-refractivity contribution is 6.09. The van der Waals surface area contributed by atoms with Gasteiger partial charge in [0.25, 0.3) is 0 Å². The van der Waals surface area contributed by atoms with Crippen LogP contribution < -0.4 is 9.80 Å². The van der Waals surface area contributed by atoms with Crippen LogP contribution in [0.4, 0.5) is 34.5 Å². The van der Waals surface area contributed by atoms with Crippen LogP contribution in [0.5, 0.6) is 0 Å². The van der Waals surface area contributed by atoms with Gasteiger partial charge in [-0.25, -0.2) is 15.0 Å². The van der Waals surface area contributed by atoms with E-state index in [1.807, 2.05) is 67.1 Å². The zero-order valence-corrected chi connectivity index (χ0v) is 28.5. The van der Waals surface area contributed by atoms with Crippen molar-refractivity contribution in [1.82, 2.24) is 15.0 Å². The molecule has 0 unspecified atom stereocenters. The molecule has 0 spiro atoms. The summed E-state index contributed by atoms with van der Waals surface area (Å²) in [6.07, 6.45) is 5.52. The van der Waals surface area contributed by atoms with Crippen molar-refractivity contribution in [3.05, 3.63) is 151 Å². The number of aromatic nitrogens is 3. The van der Waals surface area contributed by atoms with Crippen LogP contribution in [0.2, 0.25) is 0 Å². The third-order valence-electron chi connectivity index (χ3n) is 8.75. The zero-order chi connectivity index (χ0) is 33.5. The Hall–Kier alpha value is -5.55. The predicted molar refractivity (Wildman–Crippen MR) is 202 cm³/mol. The summed E-state index contributed by atoms with van der Waals surface area (Å²) in [5, 5.41) is 5.02. The number of fused-ring (bicyclic) bond motifs is 2. The van der Waals surface area contributed by atoms with E-state index in [1.165, 1.54) is 32.7 Å². The maximum absolute atomic E-state index is 4.79. The molecule has 0 aliphatic carbocycles. The normalized spacial score (nSPS) is 12.0. The van der Waals surface area contributed by atoms with Crippen LogP contribution in [0.3, 0.4) is 0 Å². The molecule has 4 aromatic carbocycles. The fourth-order valence-electron chi connectivity index (χ4n) is 6.93. The van der Waals surface area contributed by atoms with Crippen molar-refractivity contribution in [3.8, 4) is 0 Å².